The van der Waals surface area contributed by atoms with Crippen LogP contribution in [0.5, 0.6) is 0 Å². The molecule has 2 saturated heterocycles. The lowest BCUT2D eigenvalue weighted by Crippen LogP contribution is -2.53. The first-order valence-corrected chi connectivity index (χ1v) is 9.60. The Balaban J connectivity index is 1.74. The van der Waals surface area contributed by atoms with E-state index < -0.39 is 10.2 Å². The summed E-state index contributed by atoms with van der Waals surface area (Å²) < 4.78 is 34.4. The molecule has 2 aliphatic rings. The average Bonchev–Trinajstić information content (AvgIpc) is 2.46. The van der Waals surface area contributed by atoms with Crippen molar-refractivity contribution >= 4 is 16.1 Å². The van der Waals surface area contributed by atoms with Crippen LogP contribution >= 0.6 is 0 Å². The molecule has 1 N–H and O–H groups in total. The highest BCUT2D eigenvalue weighted by Gasteiger charge is 2.30. The van der Waals surface area contributed by atoms with Gasteiger partial charge in [0, 0.05) is 59.3 Å². The van der Waals surface area contributed by atoms with E-state index in [9.17, 15) is 13.2 Å². The summed E-state index contributed by atoms with van der Waals surface area (Å²) in [7, 11) is -3.46. The summed E-state index contributed by atoms with van der Waals surface area (Å²) in [5.41, 5.74) is 0. The monoisotopic (exact) mass is 348 g/mol. The highest BCUT2D eigenvalue weighted by Crippen LogP contribution is 2.13. The van der Waals surface area contributed by atoms with E-state index in [-0.39, 0.29) is 18.1 Å². The molecule has 0 spiro atoms. The van der Waals surface area contributed by atoms with Crippen molar-refractivity contribution in [3.63, 3.8) is 0 Å². The number of piperazine rings is 1. The fourth-order valence-corrected chi connectivity index (χ4v) is 4.38. The number of hydrogen-bond acceptors (Lipinski definition) is 5. The van der Waals surface area contributed by atoms with E-state index in [2.05, 4.69) is 9.62 Å². The summed E-state index contributed by atoms with van der Waals surface area (Å²) in [6.07, 6.45) is -0.176. The average molecular weight is 348 g/mol. The summed E-state index contributed by atoms with van der Waals surface area (Å²) in [4.78, 5) is 15.3. The fraction of sp³-hybridized carbons (Fsp3) is 0.929. The van der Waals surface area contributed by atoms with Crippen molar-refractivity contribution in [2.24, 2.45) is 0 Å². The number of carbonyl (C=O) groups is 1. The third kappa shape index (κ3) is 5.39. The van der Waals surface area contributed by atoms with E-state index in [1.54, 1.807) is 6.92 Å². The van der Waals surface area contributed by atoms with Gasteiger partial charge in [-0.15, -0.1) is 0 Å². The lowest BCUT2D eigenvalue weighted by atomic mass is 10.3. The number of carbonyl (C=O) groups excluding carboxylic acids is 1. The van der Waals surface area contributed by atoms with Crippen LogP contribution in [0.2, 0.25) is 0 Å². The van der Waals surface area contributed by atoms with E-state index >= 15 is 0 Å². The molecule has 1 amide bonds. The molecule has 2 atom stereocenters. The number of amides is 1. The maximum atomic E-state index is 12.3. The molecule has 0 saturated carbocycles. The molecule has 23 heavy (non-hydrogen) atoms. The third-order valence-electron chi connectivity index (χ3n) is 4.26. The molecule has 8 nitrogen and oxygen atoms in total. The Labute approximate surface area is 138 Å². The van der Waals surface area contributed by atoms with Crippen molar-refractivity contribution in [1.29, 1.82) is 0 Å². The molecular formula is C14H28N4O4S. The predicted molar refractivity (Wildman–Crippen MR) is 87.2 cm³/mol. The van der Waals surface area contributed by atoms with Crippen molar-refractivity contribution < 1.29 is 17.9 Å². The molecule has 2 unspecified atom stereocenters. The van der Waals surface area contributed by atoms with Crippen LogP contribution in [-0.4, -0.2) is 93.0 Å². The van der Waals surface area contributed by atoms with Gasteiger partial charge in [-0.3, -0.25) is 9.69 Å². The van der Waals surface area contributed by atoms with Crippen LogP contribution < -0.4 is 4.72 Å². The van der Waals surface area contributed by atoms with Crippen molar-refractivity contribution in [3.05, 3.63) is 0 Å². The zero-order valence-electron chi connectivity index (χ0n) is 14.2. The third-order valence-corrected chi connectivity index (χ3v) is 5.80. The van der Waals surface area contributed by atoms with E-state index in [0.29, 0.717) is 39.3 Å². The highest BCUT2D eigenvalue weighted by molar-refractivity contribution is 7.87. The lowest BCUT2D eigenvalue weighted by molar-refractivity contribution is -0.130. The Morgan fingerprint density at radius 1 is 1.13 bits per heavy atom. The molecular weight excluding hydrogens is 320 g/mol. The summed E-state index contributed by atoms with van der Waals surface area (Å²) in [6.45, 7) is 10.1. The van der Waals surface area contributed by atoms with Gasteiger partial charge in [-0.1, -0.05) is 0 Å². The van der Waals surface area contributed by atoms with Gasteiger partial charge in [0.25, 0.3) is 10.2 Å². The van der Waals surface area contributed by atoms with E-state index in [4.69, 9.17) is 4.74 Å². The van der Waals surface area contributed by atoms with Gasteiger partial charge < -0.3 is 9.64 Å². The molecule has 0 aromatic carbocycles. The summed E-state index contributed by atoms with van der Waals surface area (Å²) in [6, 6.07) is 0. The second-order valence-electron chi connectivity index (χ2n) is 6.32. The van der Waals surface area contributed by atoms with Crippen molar-refractivity contribution in [1.82, 2.24) is 18.8 Å². The van der Waals surface area contributed by atoms with Crippen LogP contribution in [0.1, 0.15) is 20.8 Å². The van der Waals surface area contributed by atoms with Gasteiger partial charge >= 0.3 is 0 Å². The highest BCUT2D eigenvalue weighted by atomic mass is 32.2. The Bertz CT molecular complexity index is 495. The largest absolute Gasteiger partial charge is 0.373 e. The Morgan fingerprint density at radius 2 is 1.70 bits per heavy atom. The van der Waals surface area contributed by atoms with Crippen LogP contribution in [-0.2, 0) is 19.7 Å². The van der Waals surface area contributed by atoms with Crippen LogP contribution in [0.15, 0.2) is 0 Å². The number of rotatable bonds is 5. The van der Waals surface area contributed by atoms with Gasteiger partial charge in [-0.2, -0.15) is 12.7 Å². The molecule has 9 heteroatoms. The summed E-state index contributed by atoms with van der Waals surface area (Å²) in [5, 5.41) is 0. The Hall–Kier alpha value is -0.740. The van der Waals surface area contributed by atoms with Gasteiger partial charge in [0.1, 0.15) is 0 Å². The molecule has 0 aliphatic carbocycles. The molecule has 0 bridgehead atoms. The van der Waals surface area contributed by atoms with E-state index in [0.717, 1.165) is 13.1 Å². The molecule has 2 fully saturated rings. The molecule has 134 valence electrons. The van der Waals surface area contributed by atoms with Crippen LogP contribution in [0.25, 0.3) is 0 Å². The number of nitrogens with zero attached hydrogens (tertiary/aromatic N) is 3. The molecule has 2 aliphatic heterocycles. The van der Waals surface area contributed by atoms with Crippen LogP contribution in [0.4, 0.5) is 0 Å². The minimum absolute atomic E-state index is 0.0880. The first-order chi connectivity index (χ1) is 10.8. The predicted octanol–water partition coefficient (Wildman–Crippen LogP) is -0.906. The molecule has 2 heterocycles. The molecule has 0 aromatic heterocycles. The second-order valence-corrected chi connectivity index (χ2v) is 8.08. The Kier molecular flexibility index (Phi) is 6.38. The summed E-state index contributed by atoms with van der Waals surface area (Å²) >= 11 is 0. The maximum absolute atomic E-state index is 12.3. The van der Waals surface area contributed by atoms with E-state index in [1.165, 1.54) is 4.31 Å². The first kappa shape index (κ1) is 18.6. The van der Waals surface area contributed by atoms with Gasteiger partial charge in [0.05, 0.1) is 12.2 Å². The number of morpholine rings is 1. The van der Waals surface area contributed by atoms with Gasteiger partial charge in [-0.05, 0) is 13.8 Å². The topological polar surface area (TPSA) is 82.2 Å². The smallest absolute Gasteiger partial charge is 0.279 e. The number of ether oxygens (including phenoxy) is 1. The van der Waals surface area contributed by atoms with Gasteiger partial charge in [0.2, 0.25) is 5.91 Å². The normalized spacial score (nSPS) is 28.0. The summed E-state index contributed by atoms with van der Waals surface area (Å²) in [5.74, 6) is 0.0981. The molecule has 0 radical (unpaired) electrons. The maximum Gasteiger partial charge on any atom is 0.279 e. The van der Waals surface area contributed by atoms with Crippen LogP contribution in [0.3, 0.4) is 0 Å². The van der Waals surface area contributed by atoms with Crippen molar-refractivity contribution in [2.45, 2.75) is 33.0 Å². The van der Waals surface area contributed by atoms with Gasteiger partial charge in [0.15, 0.2) is 0 Å². The zero-order chi connectivity index (χ0) is 17.0. The number of hydrogen-bond donors (Lipinski definition) is 1. The standard InChI is InChI=1S/C14H28N4O4S/c1-12-10-18(11-13(2)22-12)23(20,21)15-4-5-16-6-8-17(9-7-16)14(3)19/h12-13,15H,4-11H2,1-3H3. The molecule has 0 aromatic rings. The molecule has 2 rings (SSSR count). The SMILES string of the molecule is CC(=O)N1CCN(CCNS(=O)(=O)N2CC(C)OC(C)C2)CC1. The van der Waals surface area contributed by atoms with Gasteiger partial charge in [-0.25, -0.2) is 4.72 Å². The zero-order valence-corrected chi connectivity index (χ0v) is 15.0. The van der Waals surface area contributed by atoms with Crippen molar-refractivity contribution in [3.8, 4) is 0 Å². The minimum Gasteiger partial charge on any atom is -0.373 e. The fourth-order valence-electron chi connectivity index (χ4n) is 3.04. The Morgan fingerprint density at radius 3 is 2.22 bits per heavy atom. The van der Waals surface area contributed by atoms with Crippen molar-refractivity contribution in [2.75, 3.05) is 52.4 Å². The van der Waals surface area contributed by atoms with E-state index in [1.807, 2.05) is 18.7 Å². The second kappa shape index (κ2) is 7.89. The number of nitrogens with one attached hydrogen (secondary N) is 1. The quantitative estimate of drug-likeness (QED) is 0.696. The first-order valence-electron chi connectivity index (χ1n) is 8.16. The minimum atomic E-state index is -3.46. The van der Waals surface area contributed by atoms with Crippen LogP contribution in [0, 0.1) is 0 Å². The lowest BCUT2D eigenvalue weighted by Gasteiger charge is -2.35.